The highest BCUT2D eigenvalue weighted by atomic mass is 16.5. The van der Waals surface area contributed by atoms with E-state index in [-0.39, 0.29) is 5.41 Å². The van der Waals surface area contributed by atoms with Gasteiger partial charge in [-0.3, -0.25) is 0 Å². The van der Waals surface area contributed by atoms with Gasteiger partial charge < -0.3 is 4.52 Å². The fraction of sp³-hybridized carbons (Fsp3) is 0.818. The summed E-state index contributed by atoms with van der Waals surface area (Å²) in [6.45, 7) is 14.3. The van der Waals surface area contributed by atoms with E-state index in [1.165, 1.54) is 0 Å². The van der Waals surface area contributed by atoms with Crippen molar-refractivity contribution in [3.05, 3.63) is 11.7 Å². The van der Waals surface area contributed by atoms with Gasteiger partial charge in [-0.15, -0.1) is 0 Å². The molecule has 1 rings (SSSR count). The molecule has 0 radical (unpaired) electrons. The summed E-state index contributed by atoms with van der Waals surface area (Å²) in [6, 6.07) is 0. The van der Waals surface area contributed by atoms with Crippen molar-refractivity contribution < 1.29 is 4.52 Å². The number of nitrogens with zero attached hydrogens (tertiary/aromatic N) is 2. The summed E-state index contributed by atoms with van der Waals surface area (Å²) < 4.78 is 5.13. The second-order valence-electron chi connectivity index (χ2n) is 4.36. The maximum atomic E-state index is 5.13. The van der Waals surface area contributed by atoms with E-state index in [0.717, 1.165) is 5.82 Å². The monoisotopic (exact) mass is 198 g/mol. The Bertz CT molecular complexity index is 258. The molecule has 3 heteroatoms. The predicted molar refractivity (Wildman–Crippen MR) is 58.4 cm³/mol. The molecule has 0 amide bonds. The third-order valence-electron chi connectivity index (χ3n) is 1.60. The maximum Gasteiger partial charge on any atom is 0.232 e. The lowest BCUT2D eigenvalue weighted by atomic mass is 9.97. The minimum Gasteiger partial charge on any atom is -0.339 e. The van der Waals surface area contributed by atoms with Crippen molar-refractivity contribution in [2.45, 2.75) is 59.8 Å². The molecule has 0 spiro atoms. The highest BCUT2D eigenvalue weighted by molar-refractivity contribution is 5.00. The number of rotatable bonds is 1. The van der Waals surface area contributed by atoms with Crippen LogP contribution in [-0.2, 0) is 5.41 Å². The molecule has 0 atom stereocenters. The smallest absolute Gasteiger partial charge is 0.232 e. The van der Waals surface area contributed by atoms with E-state index in [4.69, 9.17) is 4.52 Å². The van der Waals surface area contributed by atoms with Crippen LogP contribution in [0.1, 0.15) is 66.1 Å². The van der Waals surface area contributed by atoms with E-state index < -0.39 is 0 Å². The number of hydrogen-bond donors (Lipinski definition) is 0. The molecular weight excluding hydrogens is 176 g/mol. The summed E-state index contributed by atoms with van der Waals surface area (Å²) in [7, 11) is 0. The molecule has 0 aliphatic carbocycles. The van der Waals surface area contributed by atoms with Crippen molar-refractivity contribution in [1.29, 1.82) is 0 Å². The van der Waals surface area contributed by atoms with Crippen molar-refractivity contribution in [3.8, 4) is 0 Å². The van der Waals surface area contributed by atoms with Gasteiger partial charge in [0, 0.05) is 11.3 Å². The molecule has 0 aromatic carbocycles. The largest absolute Gasteiger partial charge is 0.339 e. The lowest BCUT2D eigenvalue weighted by molar-refractivity contribution is 0.317. The van der Waals surface area contributed by atoms with Crippen LogP contribution in [0.15, 0.2) is 4.52 Å². The molecule has 0 bridgehead atoms. The van der Waals surface area contributed by atoms with Gasteiger partial charge in [0.2, 0.25) is 5.89 Å². The maximum absolute atomic E-state index is 5.13. The van der Waals surface area contributed by atoms with Crippen molar-refractivity contribution in [2.75, 3.05) is 0 Å². The standard InChI is InChI=1S/C9H16N2O.C2H6/c1-6(2)7-10-8(12-11-7)9(3,4)5;1-2/h6H,1-5H3;1-2H3. The minimum atomic E-state index is -0.0415. The van der Waals surface area contributed by atoms with E-state index in [1.54, 1.807) is 0 Å². The average Bonchev–Trinajstić information content (AvgIpc) is 2.54. The van der Waals surface area contributed by atoms with E-state index in [1.807, 2.05) is 13.8 Å². The molecule has 0 saturated heterocycles. The van der Waals surface area contributed by atoms with Crippen molar-refractivity contribution >= 4 is 0 Å². The first-order chi connectivity index (χ1) is 6.41. The van der Waals surface area contributed by atoms with Gasteiger partial charge in [-0.1, -0.05) is 53.6 Å². The minimum absolute atomic E-state index is 0.0415. The molecule has 1 heterocycles. The molecule has 1 aromatic rings. The lowest BCUT2D eigenvalue weighted by Crippen LogP contribution is -2.11. The fourth-order valence-electron chi connectivity index (χ4n) is 0.774. The third kappa shape index (κ3) is 3.48. The molecule has 14 heavy (non-hydrogen) atoms. The second-order valence-corrected chi connectivity index (χ2v) is 4.36. The van der Waals surface area contributed by atoms with Gasteiger partial charge in [-0.25, -0.2) is 0 Å². The Hall–Kier alpha value is -0.860. The van der Waals surface area contributed by atoms with Crippen LogP contribution in [0.5, 0.6) is 0 Å². The Morgan fingerprint density at radius 1 is 1.14 bits per heavy atom. The van der Waals surface area contributed by atoms with Crippen LogP contribution in [0.2, 0.25) is 0 Å². The highest BCUT2D eigenvalue weighted by Gasteiger charge is 2.22. The Balaban J connectivity index is 0.000000791. The topological polar surface area (TPSA) is 38.9 Å². The molecule has 0 aliphatic rings. The van der Waals surface area contributed by atoms with Crippen LogP contribution in [0.25, 0.3) is 0 Å². The van der Waals surface area contributed by atoms with Gasteiger partial charge in [0.1, 0.15) is 0 Å². The fourth-order valence-corrected chi connectivity index (χ4v) is 0.774. The molecule has 0 fully saturated rings. The normalized spacial score (nSPS) is 11.1. The van der Waals surface area contributed by atoms with Crippen molar-refractivity contribution in [3.63, 3.8) is 0 Å². The van der Waals surface area contributed by atoms with E-state index >= 15 is 0 Å². The van der Waals surface area contributed by atoms with E-state index in [9.17, 15) is 0 Å². The van der Waals surface area contributed by atoms with E-state index in [2.05, 4.69) is 44.8 Å². The molecule has 0 aliphatic heterocycles. The SMILES string of the molecule is CC.CC(C)c1noc(C(C)(C)C)n1. The van der Waals surface area contributed by atoms with Crippen molar-refractivity contribution in [2.24, 2.45) is 0 Å². The van der Waals surface area contributed by atoms with Gasteiger partial charge >= 0.3 is 0 Å². The van der Waals surface area contributed by atoms with Gasteiger partial charge in [-0.05, 0) is 0 Å². The predicted octanol–water partition coefficient (Wildman–Crippen LogP) is 3.52. The first kappa shape index (κ1) is 13.1. The summed E-state index contributed by atoms with van der Waals surface area (Å²) in [6.07, 6.45) is 0. The molecule has 0 N–H and O–H groups in total. The van der Waals surface area contributed by atoms with Gasteiger partial charge in [0.25, 0.3) is 0 Å². The number of aromatic nitrogens is 2. The molecule has 82 valence electrons. The van der Waals surface area contributed by atoms with Crippen LogP contribution in [0.4, 0.5) is 0 Å². The zero-order valence-electron chi connectivity index (χ0n) is 10.4. The third-order valence-corrected chi connectivity index (χ3v) is 1.60. The first-order valence-corrected chi connectivity index (χ1v) is 5.25. The molecular formula is C11H22N2O. The molecule has 3 nitrogen and oxygen atoms in total. The highest BCUT2D eigenvalue weighted by Crippen LogP contribution is 2.21. The van der Waals surface area contributed by atoms with Crippen molar-refractivity contribution in [1.82, 2.24) is 10.1 Å². The first-order valence-electron chi connectivity index (χ1n) is 5.25. The van der Waals surface area contributed by atoms with Crippen LogP contribution >= 0.6 is 0 Å². The van der Waals surface area contributed by atoms with Gasteiger partial charge in [-0.2, -0.15) is 4.98 Å². The zero-order chi connectivity index (χ0) is 11.4. The van der Waals surface area contributed by atoms with Crippen LogP contribution in [-0.4, -0.2) is 10.1 Å². The Labute approximate surface area is 86.9 Å². The van der Waals surface area contributed by atoms with Crippen LogP contribution in [0, 0.1) is 0 Å². The average molecular weight is 198 g/mol. The summed E-state index contributed by atoms with van der Waals surface area (Å²) in [5, 5.41) is 3.90. The molecule has 1 aromatic heterocycles. The lowest BCUT2D eigenvalue weighted by Gasteiger charge is -2.10. The Morgan fingerprint density at radius 3 is 1.86 bits per heavy atom. The number of hydrogen-bond acceptors (Lipinski definition) is 3. The summed E-state index contributed by atoms with van der Waals surface area (Å²) >= 11 is 0. The van der Waals surface area contributed by atoms with E-state index in [0.29, 0.717) is 11.8 Å². The second kappa shape index (κ2) is 5.13. The Morgan fingerprint density at radius 2 is 1.64 bits per heavy atom. The van der Waals surface area contributed by atoms with Gasteiger partial charge in [0.15, 0.2) is 5.82 Å². The Kier molecular flexibility index (Phi) is 4.81. The molecule has 0 unspecified atom stereocenters. The molecule has 0 saturated carbocycles. The quantitative estimate of drug-likeness (QED) is 0.693. The van der Waals surface area contributed by atoms with Gasteiger partial charge in [0.05, 0.1) is 0 Å². The zero-order valence-corrected chi connectivity index (χ0v) is 10.4. The summed E-state index contributed by atoms with van der Waals surface area (Å²) in [5.41, 5.74) is -0.0415. The summed E-state index contributed by atoms with van der Waals surface area (Å²) in [4.78, 5) is 4.30. The van der Waals surface area contributed by atoms with Crippen LogP contribution < -0.4 is 0 Å². The summed E-state index contributed by atoms with van der Waals surface area (Å²) in [5.74, 6) is 1.84. The van der Waals surface area contributed by atoms with Crippen LogP contribution in [0.3, 0.4) is 0 Å².